The Hall–Kier alpha value is -2.08. The number of hydrogen-bond acceptors (Lipinski definition) is 5. The highest BCUT2D eigenvalue weighted by molar-refractivity contribution is 6.16. The van der Waals surface area contributed by atoms with Gasteiger partial charge in [0.15, 0.2) is 11.2 Å². The van der Waals surface area contributed by atoms with Crippen LogP contribution in [0.1, 0.15) is 11.6 Å². The molecule has 0 radical (unpaired) electrons. The van der Waals surface area contributed by atoms with Gasteiger partial charge in [-0.3, -0.25) is 0 Å². The predicted octanol–water partition coefficient (Wildman–Crippen LogP) is 2.41. The van der Waals surface area contributed by atoms with Gasteiger partial charge in [-0.25, -0.2) is 9.97 Å². The molecule has 0 fully saturated rings. The minimum atomic E-state index is 0.303. The molecule has 7 heteroatoms. The maximum Gasteiger partial charge on any atom is 0.245 e. The first-order chi connectivity index (χ1) is 9.83. The van der Waals surface area contributed by atoms with Crippen LogP contribution in [-0.4, -0.2) is 26.6 Å². The molecule has 3 aromatic rings. The highest BCUT2D eigenvalue weighted by Crippen LogP contribution is 2.22. The normalized spacial score (nSPS) is 11.1. The second-order valence-corrected chi connectivity index (χ2v) is 4.47. The number of alkyl halides is 1. The van der Waals surface area contributed by atoms with Crippen molar-refractivity contribution in [3.05, 3.63) is 36.3 Å². The number of rotatable bonds is 5. The van der Waals surface area contributed by atoms with E-state index in [1.54, 1.807) is 13.4 Å². The van der Waals surface area contributed by atoms with Crippen LogP contribution in [0.25, 0.3) is 11.2 Å². The standard InChI is InChI=1S/C13H13ClN4O2/c1-19-13-11-12(15-8-16-13)18(10(7-14)17-11)5-4-9-3-2-6-20-9/h2-3,6,8H,4-5,7H2,1H3. The fourth-order valence-corrected chi connectivity index (χ4v) is 2.33. The molecule has 0 N–H and O–H groups in total. The number of aryl methyl sites for hydroxylation is 2. The van der Waals surface area contributed by atoms with Crippen LogP contribution in [0.4, 0.5) is 0 Å². The largest absolute Gasteiger partial charge is 0.479 e. The van der Waals surface area contributed by atoms with Gasteiger partial charge in [0.2, 0.25) is 5.88 Å². The molecule has 0 atom stereocenters. The van der Waals surface area contributed by atoms with Crippen LogP contribution in [0.3, 0.4) is 0 Å². The van der Waals surface area contributed by atoms with E-state index in [9.17, 15) is 0 Å². The molecule has 0 aliphatic rings. The molecule has 0 bridgehead atoms. The molecule has 0 spiro atoms. The number of fused-ring (bicyclic) bond motifs is 1. The molecule has 0 aromatic carbocycles. The lowest BCUT2D eigenvalue weighted by atomic mass is 10.3. The lowest BCUT2D eigenvalue weighted by Crippen LogP contribution is -2.05. The lowest BCUT2D eigenvalue weighted by molar-refractivity contribution is 0.401. The fourth-order valence-electron chi connectivity index (χ4n) is 2.12. The molecule has 3 rings (SSSR count). The Labute approximate surface area is 120 Å². The Morgan fingerprint density at radius 2 is 2.30 bits per heavy atom. The smallest absolute Gasteiger partial charge is 0.245 e. The maximum absolute atomic E-state index is 5.96. The summed E-state index contributed by atoms with van der Waals surface area (Å²) in [6, 6.07) is 3.81. The molecular weight excluding hydrogens is 280 g/mol. The number of hydrogen-bond donors (Lipinski definition) is 0. The number of methoxy groups -OCH3 is 1. The summed E-state index contributed by atoms with van der Waals surface area (Å²) in [4.78, 5) is 12.8. The number of nitrogens with zero attached hydrogens (tertiary/aromatic N) is 4. The number of halogens is 1. The zero-order chi connectivity index (χ0) is 13.9. The van der Waals surface area contributed by atoms with E-state index in [1.807, 2.05) is 16.7 Å². The van der Waals surface area contributed by atoms with E-state index in [0.29, 0.717) is 23.8 Å². The van der Waals surface area contributed by atoms with E-state index in [1.165, 1.54) is 6.33 Å². The van der Waals surface area contributed by atoms with Crippen LogP contribution in [0.2, 0.25) is 0 Å². The molecule has 104 valence electrons. The summed E-state index contributed by atoms with van der Waals surface area (Å²) in [5.74, 6) is 2.41. The quantitative estimate of drug-likeness (QED) is 0.676. The summed E-state index contributed by atoms with van der Waals surface area (Å²) < 4.78 is 12.5. The van der Waals surface area contributed by atoms with Crippen molar-refractivity contribution < 1.29 is 9.15 Å². The van der Waals surface area contributed by atoms with Gasteiger partial charge in [-0.2, -0.15) is 4.98 Å². The Kier molecular flexibility index (Phi) is 3.56. The van der Waals surface area contributed by atoms with Gasteiger partial charge in [0.1, 0.15) is 17.9 Å². The predicted molar refractivity (Wildman–Crippen MR) is 73.8 cm³/mol. The van der Waals surface area contributed by atoms with Crippen molar-refractivity contribution in [3.63, 3.8) is 0 Å². The lowest BCUT2D eigenvalue weighted by Gasteiger charge is -2.05. The van der Waals surface area contributed by atoms with Crippen molar-refractivity contribution in [2.24, 2.45) is 0 Å². The summed E-state index contributed by atoms with van der Waals surface area (Å²) in [7, 11) is 1.56. The Morgan fingerprint density at radius 3 is 3.00 bits per heavy atom. The van der Waals surface area contributed by atoms with Crippen molar-refractivity contribution in [3.8, 4) is 5.88 Å². The average molecular weight is 293 g/mol. The van der Waals surface area contributed by atoms with E-state index in [-0.39, 0.29) is 0 Å². The number of imidazole rings is 1. The second kappa shape index (κ2) is 5.50. The van der Waals surface area contributed by atoms with E-state index in [4.69, 9.17) is 20.8 Å². The van der Waals surface area contributed by atoms with Crippen LogP contribution in [0, 0.1) is 0 Å². The summed E-state index contributed by atoms with van der Waals surface area (Å²) in [5, 5.41) is 0. The Morgan fingerprint density at radius 1 is 1.40 bits per heavy atom. The molecule has 0 unspecified atom stereocenters. The summed E-state index contributed by atoms with van der Waals surface area (Å²) >= 11 is 5.96. The van der Waals surface area contributed by atoms with Crippen LogP contribution < -0.4 is 4.74 Å². The first-order valence-electron chi connectivity index (χ1n) is 6.16. The third-order valence-corrected chi connectivity index (χ3v) is 3.29. The van der Waals surface area contributed by atoms with Gasteiger partial charge in [-0.15, -0.1) is 11.6 Å². The van der Waals surface area contributed by atoms with Gasteiger partial charge in [0.05, 0.1) is 19.3 Å². The maximum atomic E-state index is 5.96. The van der Waals surface area contributed by atoms with Gasteiger partial charge < -0.3 is 13.7 Å². The van der Waals surface area contributed by atoms with Crippen molar-refractivity contribution in [2.75, 3.05) is 7.11 Å². The van der Waals surface area contributed by atoms with Crippen LogP contribution >= 0.6 is 11.6 Å². The number of ether oxygens (including phenoxy) is 1. The Balaban J connectivity index is 1.99. The first-order valence-corrected chi connectivity index (χ1v) is 6.69. The van der Waals surface area contributed by atoms with Crippen molar-refractivity contribution in [1.82, 2.24) is 19.5 Å². The van der Waals surface area contributed by atoms with Crippen LogP contribution in [-0.2, 0) is 18.8 Å². The molecule has 3 heterocycles. The van der Waals surface area contributed by atoms with Crippen LogP contribution in [0.5, 0.6) is 5.88 Å². The molecule has 0 amide bonds. The molecule has 20 heavy (non-hydrogen) atoms. The van der Waals surface area contributed by atoms with Gasteiger partial charge >= 0.3 is 0 Å². The number of aromatic nitrogens is 4. The van der Waals surface area contributed by atoms with Gasteiger partial charge in [0, 0.05) is 13.0 Å². The van der Waals surface area contributed by atoms with Crippen molar-refractivity contribution >= 4 is 22.8 Å². The molecule has 0 aliphatic carbocycles. The zero-order valence-corrected chi connectivity index (χ0v) is 11.7. The molecule has 3 aromatic heterocycles. The second-order valence-electron chi connectivity index (χ2n) is 4.20. The van der Waals surface area contributed by atoms with Gasteiger partial charge in [-0.05, 0) is 12.1 Å². The monoisotopic (exact) mass is 292 g/mol. The van der Waals surface area contributed by atoms with Gasteiger partial charge in [-0.1, -0.05) is 0 Å². The summed E-state index contributed by atoms with van der Waals surface area (Å²) in [6.45, 7) is 0.687. The van der Waals surface area contributed by atoms with E-state index in [2.05, 4.69) is 15.0 Å². The molecule has 6 nitrogen and oxygen atoms in total. The zero-order valence-electron chi connectivity index (χ0n) is 10.9. The minimum Gasteiger partial charge on any atom is -0.479 e. The van der Waals surface area contributed by atoms with E-state index < -0.39 is 0 Å². The highest BCUT2D eigenvalue weighted by Gasteiger charge is 2.15. The minimum absolute atomic E-state index is 0.303. The average Bonchev–Trinajstić information content (AvgIpc) is 3.11. The van der Waals surface area contributed by atoms with Gasteiger partial charge in [0.25, 0.3) is 0 Å². The molecule has 0 aliphatic heterocycles. The molecule has 0 saturated heterocycles. The molecular formula is C13H13ClN4O2. The number of furan rings is 1. The fraction of sp³-hybridized carbons (Fsp3) is 0.308. The Bertz CT molecular complexity index is 709. The molecule has 0 saturated carbocycles. The van der Waals surface area contributed by atoms with Crippen molar-refractivity contribution in [1.29, 1.82) is 0 Å². The first kappa shape index (κ1) is 12.9. The summed E-state index contributed by atoms with van der Waals surface area (Å²) in [5.41, 5.74) is 1.35. The third-order valence-electron chi connectivity index (χ3n) is 3.05. The van der Waals surface area contributed by atoms with Crippen LogP contribution in [0.15, 0.2) is 29.1 Å². The SMILES string of the molecule is COc1ncnc2c1nc(CCl)n2CCc1ccco1. The van der Waals surface area contributed by atoms with E-state index >= 15 is 0 Å². The van der Waals surface area contributed by atoms with Crippen molar-refractivity contribution in [2.45, 2.75) is 18.8 Å². The summed E-state index contributed by atoms with van der Waals surface area (Å²) in [6.07, 6.45) is 3.87. The van der Waals surface area contributed by atoms with E-state index in [0.717, 1.165) is 23.7 Å². The highest BCUT2D eigenvalue weighted by atomic mass is 35.5. The third kappa shape index (κ3) is 2.22. The topological polar surface area (TPSA) is 66.0 Å².